The predicted molar refractivity (Wildman–Crippen MR) is 64.7 cm³/mol. The Labute approximate surface area is 108 Å². The first-order valence-electron chi connectivity index (χ1n) is 5.75. The molecule has 0 aliphatic rings. The number of hydrogen-bond donors (Lipinski definition) is 2. The van der Waals surface area contributed by atoms with Crippen molar-refractivity contribution in [1.82, 2.24) is 24.9 Å². The van der Waals surface area contributed by atoms with E-state index in [-0.39, 0.29) is 0 Å². The van der Waals surface area contributed by atoms with Crippen LogP contribution in [0.3, 0.4) is 0 Å². The Balaban J connectivity index is 2.38. The van der Waals surface area contributed by atoms with Crippen LogP contribution in [0.15, 0.2) is 12.5 Å². The monoisotopic (exact) mass is 263 g/mol. The van der Waals surface area contributed by atoms with Gasteiger partial charge in [-0.2, -0.15) is 10.1 Å². The average Bonchev–Trinajstić information content (AvgIpc) is 2.85. The summed E-state index contributed by atoms with van der Waals surface area (Å²) >= 11 is 0. The van der Waals surface area contributed by atoms with Crippen molar-refractivity contribution in [2.45, 2.75) is 26.3 Å². The molecule has 100 valence electrons. The summed E-state index contributed by atoms with van der Waals surface area (Å²) in [5.41, 5.74) is 0.936. The minimum atomic E-state index is -1.10. The molecule has 0 aliphatic carbocycles. The normalized spacial score (nSPS) is 12.3. The number of carbonyl (C=O) groups is 2. The number of amides is 1. The van der Waals surface area contributed by atoms with Gasteiger partial charge in [0.25, 0.3) is 11.7 Å². The molecule has 2 rings (SSSR count). The maximum absolute atomic E-state index is 12.0. The standard InChI is InChI=1S/C11H13N5O3/c1-3-8-7(9(17)15-6(2)10(18)19)4-12-11-13-5-14-16(8)11/h4-6H,3H2,1-2H3,(H,15,17)(H,18,19)/t6-/m0/s1. The van der Waals surface area contributed by atoms with E-state index >= 15 is 0 Å². The first-order valence-corrected chi connectivity index (χ1v) is 5.75. The molecule has 19 heavy (non-hydrogen) atoms. The van der Waals surface area contributed by atoms with Crippen LogP contribution in [0.25, 0.3) is 5.78 Å². The summed E-state index contributed by atoms with van der Waals surface area (Å²) < 4.78 is 1.47. The van der Waals surface area contributed by atoms with Gasteiger partial charge in [0.2, 0.25) is 0 Å². The van der Waals surface area contributed by atoms with Crippen molar-refractivity contribution in [3.63, 3.8) is 0 Å². The van der Waals surface area contributed by atoms with Gasteiger partial charge in [-0.25, -0.2) is 9.50 Å². The zero-order chi connectivity index (χ0) is 14.0. The highest BCUT2D eigenvalue weighted by Gasteiger charge is 2.19. The minimum absolute atomic E-state index is 0.300. The lowest BCUT2D eigenvalue weighted by molar-refractivity contribution is -0.138. The smallest absolute Gasteiger partial charge is 0.325 e. The molecule has 0 saturated heterocycles. The van der Waals surface area contributed by atoms with Gasteiger partial charge in [0.15, 0.2) is 0 Å². The van der Waals surface area contributed by atoms with Crippen molar-refractivity contribution in [3.05, 3.63) is 23.8 Å². The van der Waals surface area contributed by atoms with Crippen molar-refractivity contribution in [3.8, 4) is 0 Å². The fourth-order valence-electron chi connectivity index (χ4n) is 1.69. The maximum atomic E-state index is 12.0. The summed E-state index contributed by atoms with van der Waals surface area (Å²) in [6.45, 7) is 3.27. The number of nitrogens with one attached hydrogen (secondary N) is 1. The topological polar surface area (TPSA) is 109 Å². The van der Waals surface area contributed by atoms with Crippen LogP contribution >= 0.6 is 0 Å². The first kappa shape index (κ1) is 12.9. The van der Waals surface area contributed by atoms with E-state index in [0.717, 1.165) is 0 Å². The lowest BCUT2D eigenvalue weighted by Crippen LogP contribution is -2.39. The molecule has 0 radical (unpaired) electrons. The number of carboxylic acids is 1. The van der Waals surface area contributed by atoms with Crippen molar-refractivity contribution in [2.24, 2.45) is 0 Å². The lowest BCUT2D eigenvalue weighted by atomic mass is 10.1. The van der Waals surface area contributed by atoms with Crippen molar-refractivity contribution < 1.29 is 14.7 Å². The fraction of sp³-hybridized carbons (Fsp3) is 0.364. The number of aromatic nitrogens is 4. The number of aliphatic carboxylic acids is 1. The second-order valence-electron chi connectivity index (χ2n) is 3.98. The number of hydrogen-bond acceptors (Lipinski definition) is 5. The van der Waals surface area contributed by atoms with Crippen molar-refractivity contribution >= 4 is 17.7 Å². The number of aryl methyl sites for hydroxylation is 1. The van der Waals surface area contributed by atoms with Crippen LogP contribution in [0.1, 0.15) is 29.9 Å². The maximum Gasteiger partial charge on any atom is 0.325 e. The molecule has 8 heteroatoms. The van der Waals surface area contributed by atoms with Crippen LogP contribution in [0, 0.1) is 0 Å². The van der Waals surface area contributed by atoms with Crippen LogP contribution in [-0.4, -0.2) is 42.6 Å². The van der Waals surface area contributed by atoms with E-state index in [1.165, 1.54) is 24.0 Å². The zero-order valence-corrected chi connectivity index (χ0v) is 10.5. The highest BCUT2D eigenvalue weighted by molar-refractivity contribution is 5.97. The van der Waals surface area contributed by atoms with Gasteiger partial charge in [-0.05, 0) is 13.3 Å². The molecule has 1 atom stereocenters. The zero-order valence-electron chi connectivity index (χ0n) is 10.5. The van der Waals surface area contributed by atoms with Gasteiger partial charge in [-0.3, -0.25) is 9.59 Å². The largest absolute Gasteiger partial charge is 0.480 e. The summed E-state index contributed by atoms with van der Waals surface area (Å²) in [7, 11) is 0. The van der Waals surface area contributed by atoms with E-state index < -0.39 is 17.9 Å². The second kappa shape index (κ2) is 5.01. The van der Waals surface area contributed by atoms with E-state index in [4.69, 9.17) is 5.11 Å². The SMILES string of the molecule is CCc1c(C(=O)N[C@@H](C)C(=O)O)cnc2ncnn12. The third kappa shape index (κ3) is 2.37. The van der Waals surface area contributed by atoms with Gasteiger partial charge < -0.3 is 10.4 Å². The molecule has 8 nitrogen and oxygen atoms in total. The number of nitrogens with zero attached hydrogens (tertiary/aromatic N) is 4. The summed E-state index contributed by atoms with van der Waals surface area (Å²) in [4.78, 5) is 30.7. The van der Waals surface area contributed by atoms with Crippen LogP contribution < -0.4 is 5.32 Å². The molecule has 2 aromatic heterocycles. The number of carboxylic acid groups (broad SMARTS) is 1. The molecule has 0 fully saturated rings. The molecule has 0 aliphatic heterocycles. The van der Waals surface area contributed by atoms with Gasteiger partial charge in [0.05, 0.1) is 11.3 Å². The summed E-state index contributed by atoms with van der Waals surface area (Å²) in [6, 6.07) is -0.969. The van der Waals surface area contributed by atoms with Crippen molar-refractivity contribution in [2.75, 3.05) is 0 Å². The number of fused-ring (bicyclic) bond motifs is 1. The van der Waals surface area contributed by atoms with E-state index in [1.54, 1.807) is 0 Å². The highest BCUT2D eigenvalue weighted by Crippen LogP contribution is 2.10. The molecule has 0 unspecified atom stereocenters. The summed E-state index contributed by atoms with van der Waals surface area (Å²) in [5, 5.41) is 15.2. The summed E-state index contributed by atoms with van der Waals surface area (Å²) in [6.07, 6.45) is 3.28. The fourth-order valence-corrected chi connectivity index (χ4v) is 1.69. The van der Waals surface area contributed by atoms with E-state index in [0.29, 0.717) is 23.5 Å². The van der Waals surface area contributed by atoms with Gasteiger partial charge >= 0.3 is 5.97 Å². The molecule has 0 aromatic carbocycles. The first-order chi connectivity index (χ1) is 9.04. The van der Waals surface area contributed by atoms with E-state index in [1.807, 2.05) is 6.92 Å². The lowest BCUT2D eigenvalue weighted by Gasteiger charge is -2.12. The van der Waals surface area contributed by atoms with Gasteiger partial charge in [-0.15, -0.1) is 0 Å². The van der Waals surface area contributed by atoms with E-state index in [2.05, 4.69) is 20.4 Å². The average molecular weight is 263 g/mol. The van der Waals surface area contributed by atoms with Gasteiger partial charge in [0, 0.05) is 6.20 Å². The molecular weight excluding hydrogens is 250 g/mol. The predicted octanol–water partition coefficient (Wildman–Crippen LogP) is -0.110. The van der Waals surface area contributed by atoms with Crippen LogP contribution in [0.2, 0.25) is 0 Å². The third-order valence-corrected chi connectivity index (χ3v) is 2.70. The Morgan fingerprint density at radius 3 is 2.84 bits per heavy atom. The quantitative estimate of drug-likeness (QED) is 0.796. The molecule has 2 aromatic rings. The second-order valence-corrected chi connectivity index (χ2v) is 3.98. The molecule has 2 N–H and O–H groups in total. The van der Waals surface area contributed by atoms with Crippen LogP contribution in [0.4, 0.5) is 0 Å². The number of carbonyl (C=O) groups excluding carboxylic acids is 1. The Kier molecular flexibility index (Phi) is 3.41. The minimum Gasteiger partial charge on any atom is -0.480 e. The molecule has 1 amide bonds. The van der Waals surface area contributed by atoms with Crippen LogP contribution in [-0.2, 0) is 11.2 Å². The molecule has 0 bridgehead atoms. The molecular formula is C11H13N5O3. The molecule has 2 heterocycles. The van der Waals surface area contributed by atoms with E-state index in [9.17, 15) is 9.59 Å². The Morgan fingerprint density at radius 2 is 2.21 bits per heavy atom. The highest BCUT2D eigenvalue weighted by atomic mass is 16.4. The van der Waals surface area contributed by atoms with Crippen molar-refractivity contribution in [1.29, 1.82) is 0 Å². The van der Waals surface area contributed by atoms with Gasteiger partial charge in [-0.1, -0.05) is 6.92 Å². The molecule has 0 spiro atoms. The summed E-state index contributed by atoms with van der Waals surface area (Å²) in [5.74, 6) is -1.18. The Morgan fingerprint density at radius 1 is 1.47 bits per heavy atom. The van der Waals surface area contributed by atoms with Crippen LogP contribution in [0.5, 0.6) is 0 Å². The Hall–Kier alpha value is -2.51. The van der Waals surface area contributed by atoms with Gasteiger partial charge in [0.1, 0.15) is 12.4 Å². The number of rotatable bonds is 4. The third-order valence-electron chi connectivity index (χ3n) is 2.70. The Bertz CT molecular complexity index is 636. The molecule has 0 saturated carbocycles.